The van der Waals surface area contributed by atoms with Gasteiger partial charge in [-0.1, -0.05) is 72.8 Å². The number of anilines is 1. The van der Waals surface area contributed by atoms with E-state index in [0.29, 0.717) is 22.6 Å². The van der Waals surface area contributed by atoms with Crippen LogP contribution in [-0.2, 0) is 10.2 Å². The summed E-state index contributed by atoms with van der Waals surface area (Å²) in [4.78, 5) is 45.6. The second-order valence-corrected chi connectivity index (χ2v) is 10.4. The Hall–Kier alpha value is -4.97. The third-order valence-electron chi connectivity index (χ3n) is 8.55. The van der Waals surface area contributed by atoms with Crippen LogP contribution in [0.5, 0.6) is 5.75 Å². The number of benzene rings is 4. The van der Waals surface area contributed by atoms with Crippen LogP contribution in [0.2, 0.25) is 0 Å². The Balaban J connectivity index is 1.53. The number of hydrogen-bond donors (Lipinski definition) is 1. The minimum absolute atomic E-state index is 0.199. The Morgan fingerprint density at radius 3 is 2.25 bits per heavy atom. The fraction of sp³-hybridized carbons (Fsp3) is 0.147. The minimum atomic E-state index is -1.34. The molecular formula is C34H26N2O4. The normalized spacial score (nSPS) is 23.8. The lowest BCUT2D eigenvalue weighted by Crippen LogP contribution is -2.49. The molecule has 40 heavy (non-hydrogen) atoms. The van der Waals surface area contributed by atoms with Crippen molar-refractivity contribution >= 4 is 29.2 Å². The van der Waals surface area contributed by atoms with Gasteiger partial charge in [0.2, 0.25) is 5.91 Å². The summed E-state index contributed by atoms with van der Waals surface area (Å²) >= 11 is 0. The summed E-state index contributed by atoms with van der Waals surface area (Å²) in [6, 6.07) is 29.8. The highest BCUT2D eigenvalue weighted by molar-refractivity contribution is 6.16. The maximum absolute atomic E-state index is 14.7. The lowest BCUT2D eigenvalue weighted by molar-refractivity contribution is -0.122. The smallest absolute Gasteiger partial charge is 0.238 e. The first-order chi connectivity index (χ1) is 19.6. The molecule has 3 aliphatic heterocycles. The average Bonchev–Trinajstić information content (AvgIpc) is 3.49. The van der Waals surface area contributed by atoms with Crippen LogP contribution in [0.1, 0.15) is 43.4 Å². The van der Waals surface area contributed by atoms with Crippen LogP contribution < -0.4 is 10.1 Å². The van der Waals surface area contributed by atoms with E-state index in [1.165, 1.54) is 0 Å². The number of hydrogen-bond acceptors (Lipinski definition) is 5. The van der Waals surface area contributed by atoms with Crippen LogP contribution in [0.25, 0.3) is 6.08 Å². The molecule has 7 rings (SSSR count). The number of amides is 1. The first-order valence-corrected chi connectivity index (χ1v) is 13.3. The van der Waals surface area contributed by atoms with Crippen molar-refractivity contribution in [3.8, 4) is 5.75 Å². The molecule has 4 atom stereocenters. The van der Waals surface area contributed by atoms with Crippen molar-refractivity contribution in [1.82, 2.24) is 4.90 Å². The zero-order valence-electron chi connectivity index (χ0n) is 21.8. The van der Waals surface area contributed by atoms with E-state index in [9.17, 15) is 14.4 Å². The predicted molar refractivity (Wildman–Crippen MR) is 152 cm³/mol. The van der Waals surface area contributed by atoms with Crippen LogP contribution >= 0.6 is 0 Å². The first-order valence-electron chi connectivity index (χ1n) is 13.3. The minimum Gasteiger partial charge on any atom is -0.497 e. The van der Waals surface area contributed by atoms with E-state index in [1.807, 2.05) is 83.9 Å². The zero-order chi connectivity index (χ0) is 27.4. The lowest BCUT2D eigenvalue weighted by atomic mass is 9.62. The van der Waals surface area contributed by atoms with Gasteiger partial charge in [-0.05, 0) is 53.1 Å². The molecule has 0 aliphatic carbocycles. The van der Waals surface area contributed by atoms with Crippen LogP contribution in [0.4, 0.5) is 5.69 Å². The molecule has 1 amide bonds. The molecule has 6 heteroatoms. The molecule has 1 saturated heterocycles. The fourth-order valence-electron chi connectivity index (χ4n) is 6.88. The summed E-state index contributed by atoms with van der Waals surface area (Å²) in [5, 5.41) is 3.07. The van der Waals surface area contributed by atoms with Crippen LogP contribution in [-0.4, -0.2) is 35.5 Å². The van der Waals surface area contributed by atoms with Crippen LogP contribution in [0, 0.1) is 5.92 Å². The largest absolute Gasteiger partial charge is 0.497 e. The Morgan fingerprint density at radius 1 is 0.800 bits per heavy atom. The number of rotatable bonds is 5. The number of ether oxygens (including phenoxy) is 1. The maximum atomic E-state index is 14.7. The highest BCUT2D eigenvalue weighted by Gasteiger charge is 2.70. The molecule has 0 radical (unpaired) electrons. The van der Waals surface area contributed by atoms with Crippen LogP contribution in [0.3, 0.4) is 0 Å². The molecule has 3 aliphatic rings. The van der Waals surface area contributed by atoms with Gasteiger partial charge < -0.3 is 15.0 Å². The molecule has 4 aromatic carbocycles. The Morgan fingerprint density at radius 2 is 1.48 bits per heavy atom. The van der Waals surface area contributed by atoms with E-state index in [2.05, 4.69) is 5.32 Å². The van der Waals surface area contributed by atoms with Gasteiger partial charge in [-0.3, -0.25) is 14.4 Å². The molecule has 0 aromatic heterocycles. The highest BCUT2D eigenvalue weighted by Crippen LogP contribution is 2.62. The number of carbonyl (C=O) groups is 3. The summed E-state index contributed by atoms with van der Waals surface area (Å²) in [5.41, 5.74) is 2.84. The summed E-state index contributed by atoms with van der Waals surface area (Å²) in [7, 11) is 1.57. The van der Waals surface area contributed by atoms with Gasteiger partial charge in [-0.2, -0.15) is 0 Å². The quantitative estimate of drug-likeness (QED) is 0.339. The van der Waals surface area contributed by atoms with Crippen molar-refractivity contribution in [1.29, 1.82) is 0 Å². The second-order valence-electron chi connectivity index (χ2n) is 10.4. The number of nitrogens with one attached hydrogen (secondary N) is 1. The standard InChI is InChI=1S/C34H26N2O4/c1-40-24-17-15-23(16-18-24)30(37)28-29(31(38)22-10-3-2-4-11-22)36-20-19-21-9-5-6-12-25(21)32(36)34(28)26-13-7-8-14-27(26)35-33(34)39/h2-20,28-29,32H,1H3,(H,35,39). The number of carbonyl (C=O) groups excluding carboxylic acids is 3. The van der Waals surface area contributed by atoms with E-state index in [4.69, 9.17) is 4.74 Å². The van der Waals surface area contributed by atoms with Crippen molar-refractivity contribution < 1.29 is 19.1 Å². The van der Waals surface area contributed by atoms with Gasteiger partial charge in [0.25, 0.3) is 0 Å². The molecule has 0 saturated carbocycles. The molecule has 4 unspecified atom stereocenters. The van der Waals surface area contributed by atoms with Gasteiger partial charge in [0, 0.05) is 23.0 Å². The summed E-state index contributed by atoms with van der Waals surface area (Å²) in [6.45, 7) is 0. The molecular weight excluding hydrogens is 500 g/mol. The van der Waals surface area contributed by atoms with Crippen molar-refractivity contribution in [3.63, 3.8) is 0 Å². The number of ketones is 2. The lowest BCUT2D eigenvalue weighted by Gasteiger charge is -2.38. The van der Waals surface area contributed by atoms with E-state index in [1.54, 1.807) is 43.5 Å². The zero-order valence-corrected chi connectivity index (χ0v) is 21.8. The number of para-hydroxylation sites is 1. The van der Waals surface area contributed by atoms with Gasteiger partial charge in [0.05, 0.1) is 19.1 Å². The molecule has 1 N–H and O–H groups in total. The number of nitrogens with zero attached hydrogens (tertiary/aromatic N) is 1. The maximum Gasteiger partial charge on any atom is 0.238 e. The molecule has 1 spiro atoms. The highest BCUT2D eigenvalue weighted by atomic mass is 16.5. The molecule has 3 heterocycles. The van der Waals surface area contributed by atoms with Crippen molar-refractivity contribution in [2.24, 2.45) is 5.92 Å². The van der Waals surface area contributed by atoms with Gasteiger partial charge in [-0.25, -0.2) is 0 Å². The SMILES string of the molecule is COc1ccc(C(=O)C2C(C(=O)c3ccccc3)N3C=Cc4ccccc4C3C23C(=O)Nc2ccccc23)cc1. The summed E-state index contributed by atoms with van der Waals surface area (Å²) < 4.78 is 5.32. The topological polar surface area (TPSA) is 75.7 Å². The Bertz CT molecular complexity index is 1690. The third kappa shape index (κ3) is 3.26. The molecule has 6 nitrogen and oxygen atoms in total. The van der Waals surface area contributed by atoms with Crippen molar-refractivity contribution in [2.45, 2.75) is 17.5 Å². The van der Waals surface area contributed by atoms with E-state index in [-0.39, 0.29) is 17.5 Å². The van der Waals surface area contributed by atoms with Gasteiger partial charge >= 0.3 is 0 Å². The Labute approximate surface area is 231 Å². The number of methoxy groups -OCH3 is 1. The van der Waals surface area contributed by atoms with Gasteiger partial charge in [0.15, 0.2) is 11.6 Å². The third-order valence-corrected chi connectivity index (χ3v) is 8.55. The average molecular weight is 527 g/mol. The van der Waals surface area contributed by atoms with E-state index < -0.39 is 23.4 Å². The van der Waals surface area contributed by atoms with Gasteiger partial charge in [0.1, 0.15) is 17.2 Å². The molecule has 4 aromatic rings. The molecule has 1 fully saturated rings. The predicted octanol–water partition coefficient (Wildman–Crippen LogP) is 5.68. The molecule has 0 bridgehead atoms. The summed E-state index contributed by atoms with van der Waals surface area (Å²) in [6.07, 6.45) is 3.85. The van der Waals surface area contributed by atoms with E-state index in [0.717, 1.165) is 16.7 Å². The van der Waals surface area contributed by atoms with Crippen LogP contribution in [0.15, 0.2) is 109 Å². The number of Topliss-reactive ketones (excluding diaryl/α,β-unsaturated/α-hetero) is 2. The second kappa shape index (κ2) is 9.06. The van der Waals surface area contributed by atoms with E-state index >= 15 is 0 Å². The van der Waals surface area contributed by atoms with Gasteiger partial charge in [-0.15, -0.1) is 0 Å². The monoisotopic (exact) mass is 526 g/mol. The van der Waals surface area contributed by atoms with Crippen molar-refractivity contribution in [3.05, 3.63) is 137 Å². The number of fused-ring (bicyclic) bond motifs is 6. The van der Waals surface area contributed by atoms with Crippen molar-refractivity contribution in [2.75, 3.05) is 12.4 Å². The fourth-order valence-corrected chi connectivity index (χ4v) is 6.88. The molecule has 196 valence electrons. The first kappa shape index (κ1) is 24.1. The Kier molecular flexibility index (Phi) is 5.46. The summed E-state index contributed by atoms with van der Waals surface area (Å²) in [5.74, 6) is -1.12.